The third-order valence-corrected chi connectivity index (χ3v) is 2.90. The molecule has 0 radical (unpaired) electrons. The molecule has 0 aliphatic carbocycles. The lowest BCUT2D eigenvalue weighted by molar-refractivity contribution is 0.544. The Balaban J connectivity index is 0.000000220. The van der Waals surface area contributed by atoms with Gasteiger partial charge in [0, 0.05) is 35.6 Å². The first-order valence-electron chi connectivity index (χ1n) is 7.58. The molecule has 0 atom stereocenters. The normalized spacial score (nSPS) is 11.6. The molecule has 4 heteroatoms. The van der Waals surface area contributed by atoms with Gasteiger partial charge in [-0.05, 0) is 25.0 Å². The van der Waals surface area contributed by atoms with Crippen molar-refractivity contribution in [1.29, 1.82) is 0 Å². The Morgan fingerprint density at radius 3 is 0.955 bits per heavy atom. The van der Waals surface area contributed by atoms with E-state index in [0.29, 0.717) is 0 Å². The zero-order valence-electron chi connectivity index (χ0n) is 15.1. The van der Waals surface area contributed by atoms with E-state index < -0.39 is 0 Å². The second-order valence-electron chi connectivity index (χ2n) is 7.67. The molecular formula is C18H28N4. The summed E-state index contributed by atoms with van der Waals surface area (Å²) in [6, 6.07) is 0. The Morgan fingerprint density at radius 2 is 0.773 bits per heavy atom. The Kier molecular flexibility index (Phi) is 5.75. The van der Waals surface area contributed by atoms with E-state index in [2.05, 4.69) is 61.5 Å². The van der Waals surface area contributed by atoms with Crippen molar-refractivity contribution in [1.82, 2.24) is 19.9 Å². The van der Waals surface area contributed by atoms with Crippen molar-refractivity contribution in [2.75, 3.05) is 0 Å². The summed E-state index contributed by atoms with van der Waals surface area (Å²) in [4.78, 5) is 17.0. The van der Waals surface area contributed by atoms with E-state index >= 15 is 0 Å². The number of hydrogen-bond donors (Lipinski definition) is 0. The summed E-state index contributed by atoms with van der Waals surface area (Å²) in [5.74, 6) is 1.81. The van der Waals surface area contributed by atoms with Crippen molar-refractivity contribution in [3.8, 4) is 0 Å². The molecule has 0 amide bonds. The molecule has 2 aromatic heterocycles. The second-order valence-corrected chi connectivity index (χ2v) is 7.67. The Hall–Kier alpha value is -1.84. The van der Waals surface area contributed by atoms with Crippen LogP contribution in [0.1, 0.15) is 64.3 Å². The first-order valence-corrected chi connectivity index (χ1v) is 7.58. The average molecular weight is 300 g/mol. The lowest BCUT2D eigenvalue weighted by Crippen LogP contribution is -2.15. The predicted octanol–water partition coefficient (Wildman–Crippen LogP) is 4.17. The van der Waals surface area contributed by atoms with Crippen LogP contribution in [0.15, 0.2) is 24.8 Å². The molecule has 2 heterocycles. The molecule has 0 fully saturated rings. The van der Waals surface area contributed by atoms with Crippen molar-refractivity contribution < 1.29 is 0 Å². The molecule has 120 valence electrons. The van der Waals surface area contributed by atoms with Crippen LogP contribution in [0.3, 0.4) is 0 Å². The fourth-order valence-corrected chi connectivity index (χ4v) is 1.56. The summed E-state index contributed by atoms with van der Waals surface area (Å²) in [6.45, 7) is 16.6. The molecule has 2 rings (SSSR count). The highest BCUT2D eigenvalue weighted by molar-refractivity contribution is 5.08. The SMILES string of the molecule is Cc1cnc(C(C)(C)C)nc1.Cc1cnc(C(C)(C)C)nc1. The van der Waals surface area contributed by atoms with Gasteiger partial charge in [-0.15, -0.1) is 0 Å². The van der Waals surface area contributed by atoms with Crippen LogP contribution in [0, 0.1) is 13.8 Å². The van der Waals surface area contributed by atoms with Crippen molar-refractivity contribution >= 4 is 0 Å². The molecule has 0 saturated carbocycles. The number of hydrogen-bond acceptors (Lipinski definition) is 4. The number of aryl methyl sites for hydroxylation is 2. The minimum absolute atomic E-state index is 0.0632. The molecule has 0 aliphatic heterocycles. The maximum Gasteiger partial charge on any atom is 0.133 e. The first kappa shape index (κ1) is 18.2. The van der Waals surface area contributed by atoms with Gasteiger partial charge in [-0.3, -0.25) is 0 Å². The van der Waals surface area contributed by atoms with E-state index in [0.717, 1.165) is 22.8 Å². The van der Waals surface area contributed by atoms with Crippen LogP contribution in [0.5, 0.6) is 0 Å². The third-order valence-electron chi connectivity index (χ3n) is 2.90. The molecule has 0 bridgehead atoms. The number of nitrogens with zero attached hydrogens (tertiary/aromatic N) is 4. The van der Waals surface area contributed by atoms with Gasteiger partial charge in [-0.25, -0.2) is 19.9 Å². The Labute approximate surface area is 134 Å². The highest BCUT2D eigenvalue weighted by atomic mass is 14.9. The Morgan fingerprint density at radius 1 is 0.545 bits per heavy atom. The zero-order chi connectivity index (χ0) is 17.0. The van der Waals surface area contributed by atoms with E-state index in [-0.39, 0.29) is 10.8 Å². The van der Waals surface area contributed by atoms with E-state index in [1.807, 2.05) is 38.6 Å². The van der Waals surface area contributed by atoms with E-state index in [4.69, 9.17) is 0 Å². The molecule has 0 spiro atoms. The van der Waals surface area contributed by atoms with E-state index in [1.165, 1.54) is 0 Å². The van der Waals surface area contributed by atoms with Gasteiger partial charge in [0.15, 0.2) is 0 Å². The summed E-state index contributed by atoms with van der Waals surface area (Å²) < 4.78 is 0. The molecule has 0 N–H and O–H groups in total. The van der Waals surface area contributed by atoms with Gasteiger partial charge in [0.2, 0.25) is 0 Å². The smallest absolute Gasteiger partial charge is 0.133 e. The van der Waals surface area contributed by atoms with Crippen molar-refractivity contribution in [2.45, 2.75) is 66.2 Å². The van der Waals surface area contributed by atoms with Crippen LogP contribution in [-0.4, -0.2) is 19.9 Å². The molecule has 2 aromatic rings. The molecule has 22 heavy (non-hydrogen) atoms. The van der Waals surface area contributed by atoms with Crippen LogP contribution < -0.4 is 0 Å². The monoisotopic (exact) mass is 300 g/mol. The lowest BCUT2D eigenvalue weighted by Gasteiger charge is -2.15. The van der Waals surface area contributed by atoms with Gasteiger partial charge in [0.1, 0.15) is 11.6 Å². The molecule has 4 nitrogen and oxygen atoms in total. The van der Waals surface area contributed by atoms with E-state index in [1.54, 1.807) is 0 Å². The maximum absolute atomic E-state index is 4.24. The molecular weight excluding hydrogens is 272 g/mol. The second kappa shape index (κ2) is 6.95. The fourth-order valence-electron chi connectivity index (χ4n) is 1.56. The predicted molar refractivity (Wildman–Crippen MR) is 90.9 cm³/mol. The average Bonchev–Trinajstić information content (AvgIpc) is 2.38. The molecule has 0 aliphatic rings. The third kappa shape index (κ3) is 5.88. The Bertz CT molecular complexity index is 517. The van der Waals surface area contributed by atoms with Gasteiger partial charge >= 0.3 is 0 Å². The van der Waals surface area contributed by atoms with Crippen LogP contribution >= 0.6 is 0 Å². The minimum atomic E-state index is 0.0632. The number of rotatable bonds is 0. The number of aromatic nitrogens is 4. The molecule has 0 unspecified atom stereocenters. The van der Waals surface area contributed by atoms with Crippen molar-refractivity contribution in [2.24, 2.45) is 0 Å². The topological polar surface area (TPSA) is 51.6 Å². The zero-order valence-corrected chi connectivity index (χ0v) is 15.1. The molecule has 0 aromatic carbocycles. The van der Waals surface area contributed by atoms with Gasteiger partial charge in [0.05, 0.1) is 0 Å². The highest BCUT2D eigenvalue weighted by Crippen LogP contribution is 2.17. The first-order chi connectivity index (χ1) is 10.00. The van der Waals surface area contributed by atoms with Crippen molar-refractivity contribution in [3.05, 3.63) is 47.6 Å². The maximum atomic E-state index is 4.24. The summed E-state index contributed by atoms with van der Waals surface area (Å²) >= 11 is 0. The quantitative estimate of drug-likeness (QED) is 0.733. The van der Waals surface area contributed by atoms with Gasteiger partial charge in [-0.2, -0.15) is 0 Å². The largest absolute Gasteiger partial charge is 0.241 e. The van der Waals surface area contributed by atoms with Gasteiger partial charge in [0.25, 0.3) is 0 Å². The standard InChI is InChI=1S/2C9H14N2/c2*1-7-5-10-8(11-6-7)9(2,3)4/h2*5-6H,1-4H3. The highest BCUT2D eigenvalue weighted by Gasteiger charge is 2.16. The van der Waals surface area contributed by atoms with Crippen LogP contribution in [-0.2, 0) is 10.8 Å². The lowest BCUT2D eigenvalue weighted by atomic mass is 9.96. The minimum Gasteiger partial charge on any atom is -0.241 e. The summed E-state index contributed by atoms with van der Waals surface area (Å²) in [5.41, 5.74) is 2.34. The van der Waals surface area contributed by atoms with Crippen molar-refractivity contribution in [3.63, 3.8) is 0 Å². The summed E-state index contributed by atoms with van der Waals surface area (Å²) in [7, 11) is 0. The van der Waals surface area contributed by atoms with E-state index in [9.17, 15) is 0 Å². The molecule has 0 saturated heterocycles. The summed E-state index contributed by atoms with van der Waals surface area (Å²) in [6.07, 6.45) is 7.42. The van der Waals surface area contributed by atoms with Crippen LogP contribution in [0.25, 0.3) is 0 Å². The van der Waals surface area contributed by atoms with Crippen LogP contribution in [0.2, 0.25) is 0 Å². The summed E-state index contributed by atoms with van der Waals surface area (Å²) in [5, 5.41) is 0. The van der Waals surface area contributed by atoms with Gasteiger partial charge < -0.3 is 0 Å². The fraction of sp³-hybridized carbons (Fsp3) is 0.556. The van der Waals surface area contributed by atoms with Gasteiger partial charge in [-0.1, -0.05) is 41.5 Å². The van der Waals surface area contributed by atoms with Crippen LogP contribution in [0.4, 0.5) is 0 Å².